The largest absolute Gasteiger partial charge is 0.497 e. The number of aliphatic hydroxyl groups excluding tert-OH is 1. The summed E-state index contributed by atoms with van der Waals surface area (Å²) in [6.07, 6.45) is 0. The molecule has 0 aliphatic rings. The highest BCUT2D eigenvalue weighted by molar-refractivity contribution is 5.42. The Morgan fingerprint density at radius 1 is 1.15 bits per heavy atom. The van der Waals surface area contributed by atoms with Crippen LogP contribution in [-0.2, 0) is 13.2 Å². The molecule has 1 heterocycles. The van der Waals surface area contributed by atoms with Crippen LogP contribution in [0.5, 0.6) is 5.75 Å². The van der Waals surface area contributed by atoms with Gasteiger partial charge in [-0.1, -0.05) is 18.2 Å². The number of aryl methyl sites for hydroxylation is 1. The standard InChI is InChI=1S/C16H20N2O2/c1-12-14(11-19)6-9-16(17-12)18(2)10-13-4-7-15(20-3)8-5-13/h4-9,19H,10-11H2,1-3H3. The van der Waals surface area contributed by atoms with Crippen LogP contribution in [0.3, 0.4) is 0 Å². The number of aromatic nitrogens is 1. The van der Waals surface area contributed by atoms with Gasteiger partial charge in [-0.3, -0.25) is 0 Å². The molecular formula is C16H20N2O2. The Balaban J connectivity index is 2.10. The zero-order valence-electron chi connectivity index (χ0n) is 12.1. The smallest absolute Gasteiger partial charge is 0.128 e. The van der Waals surface area contributed by atoms with E-state index in [0.717, 1.165) is 29.4 Å². The Labute approximate surface area is 119 Å². The molecule has 0 radical (unpaired) electrons. The lowest BCUT2D eigenvalue weighted by molar-refractivity contribution is 0.280. The maximum Gasteiger partial charge on any atom is 0.128 e. The van der Waals surface area contributed by atoms with Crippen molar-refractivity contribution in [3.05, 3.63) is 53.2 Å². The Morgan fingerprint density at radius 3 is 2.40 bits per heavy atom. The average Bonchev–Trinajstić information content (AvgIpc) is 2.48. The van der Waals surface area contributed by atoms with Crippen LogP contribution in [0.25, 0.3) is 0 Å². The fourth-order valence-corrected chi connectivity index (χ4v) is 2.04. The third kappa shape index (κ3) is 3.27. The van der Waals surface area contributed by atoms with Gasteiger partial charge in [0.25, 0.3) is 0 Å². The monoisotopic (exact) mass is 272 g/mol. The summed E-state index contributed by atoms with van der Waals surface area (Å²) in [7, 11) is 3.67. The van der Waals surface area contributed by atoms with Crippen LogP contribution in [0.1, 0.15) is 16.8 Å². The molecule has 4 nitrogen and oxygen atoms in total. The SMILES string of the molecule is COc1ccc(CN(C)c2ccc(CO)c(C)n2)cc1. The van der Waals surface area contributed by atoms with E-state index >= 15 is 0 Å². The number of hydrogen-bond acceptors (Lipinski definition) is 4. The normalized spacial score (nSPS) is 10.4. The Hall–Kier alpha value is -2.07. The van der Waals surface area contributed by atoms with Gasteiger partial charge in [-0.15, -0.1) is 0 Å². The van der Waals surface area contributed by atoms with Gasteiger partial charge in [-0.05, 0) is 36.2 Å². The van der Waals surface area contributed by atoms with Crippen LogP contribution in [0, 0.1) is 6.92 Å². The summed E-state index contributed by atoms with van der Waals surface area (Å²) in [5.41, 5.74) is 2.93. The molecule has 2 rings (SSSR count). The van der Waals surface area contributed by atoms with E-state index < -0.39 is 0 Å². The van der Waals surface area contributed by atoms with Crippen molar-refractivity contribution in [2.24, 2.45) is 0 Å². The molecule has 0 atom stereocenters. The van der Waals surface area contributed by atoms with E-state index in [9.17, 15) is 0 Å². The topological polar surface area (TPSA) is 45.6 Å². The minimum absolute atomic E-state index is 0.0291. The molecule has 0 saturated carbocycles. The van der Waals surface area contributed by atoms with Crippen molar-refractivity contribution in [3.63, 3.8) is 0 Å². The molecular weight excluding hydrogens is 252 g/mol. The molecule has 1 N–H and O–H groups in total. The number of hydrogen-bond donors (Lipinski definition) is 1. The quantitative estimate of drug-likeness (QED) is 0.908. The molecule has 0 saturated heterocycles. The van der Waals surface area contributed by atoms with Gasteiger partial charge in [0.05, 0.1) is 13.7 Å². The molecule has 1 aromatic carbocycles. The number of ether oxygens (including phenoxy) is 1. The highest BCUT2D eigenvalue weighted by Gasteiger charge is 2.06. The number of anilines is 1. The van der Waals surface area contributed by atoms with E-state index in [0.29, 0.717) is 0 Å². The van der Waals surface area contributed by atoms with Crippen molar-refractivity contribution >= 4 is 5.82 Å². The van der Waals surface area contributed by atoms with Crippen molar-refractivity contribution in [2.45, 2.75) is 20.1 Å². The van der Waals surface area contributed by atoms with Gasteiger partial charge < -0.3 is 14.7 Å². The minimum Gasteiger partial charge on any atom is -0.497 e. The van der Waals surface area contributed by atoms with Crippen LogP contribution in [0.15, 0.2) is 36.4 Å². The predicted molar refractivity (Wildman–Crippen MR) is 80.0 cm³/mol. The second kappa shape index (κ2) is 6.39. The number of rotatable bonds is 5. The van der Waals surface area contributed by atoms with Gasteiger partial charge in [0.1, 0.15) is 11.6 Å². The lowest BCUT2D eigenvalue weighted by Crippen LogP contribution is -2.18. The fraction of sp³-hybridized carbons (Fsp3) is 0.312. The number of aliphatic hydroxyl groups is 1. The molecule has 0 spiro atoms. The first-order valence-corrected chi connectivity index (χ1v) is 6.55. The summed E-state index contributed by atoms with van der Waals surface area (Å²) in [5.74, 6) is 1.76. The first-order valence-electron chi connectivity index (χ1n) is 6.55. The number of nitrogens with zero attached hydrogens (tertiary/aromatic N) is 2. The van der Waals surface area contributed by atoms with E-state index in [2.05, 4.69) is 9.88 Å². The third-order valence-corrected chi connectivity index (χ3v) is 3.32. The van der Waals surface area contributed by atoms with Crippen LogP contribution in [0.4, 0.5) is 5.82 Å². The van der Waals surface area contributed by atoms with E-state index in [1.165, 1.54) is 5.56 Å². The second-order valence-electron chi connectivity index (χ2n) is 4.78. The number of benzene rings is 1. The molecule has 106 valence electrons. The molecule has 20 heavy (non-hydrogen) atoms. The zero-order valence-corrected chi connectivity index (χ0v) is 12.1. The van der Waals surface area contributed by atoms with E-state index in [1.54, 1.807) is 7.11 Å². The van der Waals surface area contributed by atoms with Crippen molar-refractivity contribution < 1.29 is 9.84 Å². The summed E-state index contributed by atoms with van der Waals surface area (Å²) < 4.78 is 5.15. The summed E-state index contributed by atoms with van der Waals surface area (Å²) in [4.78, 5) is 6.59. The minimum atomic E-state index is 0.0291. The Bertz CT molecular complexity index is 567. The van der Waals surface area contributed by atoms with Crippen molar-refractivity contribution in [1.82, 2.24) is 4.98 Å². The van der Waals surface area contributed by atoms with Crippen molar-refractivity contribution in [1.29, 1.82) is 0 Å². The lowest BCUT2D eigenvalue weighted by Gasteiger charge is -2.19. The summed E-state index contributed by atoms with van der Waals surface area (Å²) in [6, 6.07) is 11.9. The van der Waals surface area contributed by atoms with Gasteiger partial charge in [0.15, 0.2) is 0 Å². The van der Waals surface area contributed by atoms with Gasteiger partial charge in [-0.2, -0.15) is 0 Å². The van der Waals surface area contributed by atoms with E-state index in [4.69, 9.17) is 9.84 Å². The van der Waals surface area contributed by atoms with Crippen molar-refractivity contribution in [2.75, 3.05) is 19.1 Å². The molecule has 0 bridgehead atoms. The van der Waals surface area contributed by atoms with E-state index in [1.807, 2.05) is 50.4 Å². The average molecular weight is 272 g/mol. The van der Waals surface area contributed by atoms with Crippen LogP contribution in [0.2, 0.25) is 0 Å². The number of pyridine rings is 1. The van der Waals surface area contributed by atoms with Gasteiger partial charge >= 0.3 is 0 Å². The zero-order chi connectivity index (χ0) is 14.5. The maximum absolute atomic E-state index is 9.17. The first kappa shape index (κ1) is 14.3. The molecule has 0 aliphatic carbocycles. The van der Waals surface area contributed by atoms with Crippen LogP contribution >= 0.6 is 0 Å². The fourth-order valence-electron chi connectivity index (χ4n) is 2.04. The summed E-state index contributed by atoms with van der Waals surface area (Å²) >= 11 is 0. The predicted octanol–water partition coefficient (Wildman–Crippen LogP) is 2.53. The molecule has 4 heteroatoms. The molecule has 0 aliphatic heterocycles. The Morgan fingerprint density at radius 2 is 1.85 bits per heavy atom. The van der Waals surface area contributed by atoms with Gasteiger partial charge in [-0.25, -0.2) is 4.98 Å². The van der Waals surface area contributed by atoms with Gasteiger partial charge in [0.2, 0.25) is 0 Å². The summed E-state index contributed by atoms with van der Waals surface area (Å²) in [5, 5.41) is 9.17. The summed E-state index contributed by atoms with van der Waals surface area (Å²) in [6.45, 7) is 2.71. The van der Waals surface area contributed by atoms with Gasteiger partial charge in [0, 0.05) is 19.3 Å². The third-order valence-electron chi connectivity index (χ3n) is 3.32. The molecule has 0 unspecified atom stereocenters. The van der Waals surface area contributed by atoms with Crippen LogP contribution < -0.4 is 9.64 Å². The Kier molecular flexibility index (Phi) is 4.58. The first-order chi connectivity index (χ1) is 9.63. The molecule has 2 aromatic rings. The highest BCUT2D eigenvalue weighted by atomic mass is 16.5. The molecule has 1 aromatic heterocycles. The lowest BCUT2D eigenvalue weighted by atomic mass is 10.2. The maximum atomic E-state index is 9.17. The van der Waals surface area contributed by atoms with Crippen molar-refractivity contribution in [3.8, 4) is 5.75 Å². The molecule has 0 fully saturated rings. The second-order valence-corrected chi connectivity index (χ2v) is 4.78. The van der Waals surface area contributed by atoms with E-state index in [-0.39, 0.29) is 6.61 Å². The van der Waals surface area contributed by atoms with Crippen LogP contribution in [-0.4, -0.2) is 24.2 Å². The number of methoxy groups -OCH3 is 1. The molecule has 0 amide bonds. The highest BCUT2D eigenvalue weighted by Crippen LogP contribution is 2.17.